The van der Waals surface area contributed by atoms with Crippen LogP contribution < -0.4 is 10.1 Å². The van der Waals surface area contributed by atoms with E-state index < -0.39 is 5.97 Å². The van der Waals surface area contributed by atoms with Crippen LogP contribution in [0.2, 0.25) is 0 Å². The molecule has 0 aliphatic rings. The smallest absolute Gasteiger partial charge is 0.342 e. The predicted molar refractivity (Wildman–Crippen MR) is 103 cm³/mol. The van der Waals surface area contributed by atoms with Gasteiger partial charge in [-0.1, -0.05) is 37.3 Å². The summed E-state index contributed by atoms with van der Waals surface area (Å²) in [6, 6.07) is 15.1. The summed E-state index contributed by atoms with van der Waals surface area (Å²) < 4.78 is 10.3. The lowest BCUT2D eigenvalue weighted by atomic mass is 10.0. The lowest BCUT2D eigenvalue weighted by Crippen LogP contribution is -2.31. The summed E-state index contributed by atoms with van der Waals surface area (Å²) >= 11 is 1.55. The number of amides is 1. The Morgan fingerprint density at radius 3 is 2.54 bits per heavy atom. The van der Waals surface area contributed by atoms with Gasteiger partial charge in [0.05, 0.1) is 7.11 Å². The molecule has 0 aromatic heterocycles. The number of carbonyl (C=O) groups is 2. The summed E-state index contributed by atoms with van der Waals surface area (Å²) in [7, 11) is 1.49. The maximum absolute atomic E-state index is 12.2. The van der Waals surface area contributed by atoms with E-state index in [1.54, 1.807) is 23.9 Å². The average molecular weight is 373 g/mol. The number of rotatable bonds is 8. The van der Waals surface area contributed by atoms with Gasteiger partial charge in [-0.25, -0.2) is 4.79 Å². The highest BCUT2D eigenvalue weighted by Crippen LogP contribution is 2.25. The molecule has 0 unspecified atom stereocenters. The van der Waals surface area contributed by atoms with Crippen LogP contribution in [0.25, 0.3) is 0 Å². The van der Waals surface area contributed by atoms with Crippen LogP contribution in [0.1, 0.15) is 28.8 Å². The SMILES string of the molecule is COc1cc(SC)ccc1C(=O)OCC(=O)NC[C@H](C)c1ccccc1. The van der Waals surface area contributed by atoms with E-state index >= 15 is 0 Å². The van der Waals surface area contributed by atoms with E-state index in [-0.39, 0.29) is 18.4 Å². The number of hydrogen-bond donors (Lipinski definition) is 1. The van der Waals surface area contributed by atoms with Gasteiger partial charge in [0.25, 0.3) is 5.91 Å². The van der Waals surface area contributed by atoms with Crippen LogP contribution in [-0.2, 0) is 9.53 Å². The van der Waals surface area contributed by atoms with E-state index in [1.807, 2.05) is 49.6 Å². The molecule has 26 heavy (non-hydrogen) atoms. The second-order valence-corrected chi connectivity index (χ2v) is 6.64. The van der Waals surface area contributed by atoms with Crippen molar-refractivity contribution in [3.63, 3.8) is 0 Å². The first-order valence-corrected chi connectivity index (χ1v) is 9.48. The Balaban J connectivity index is 1.84. The maximum Gasteiger partial charge on any atom is 0.342 e. The molecular formula is C20H23NO4S. The zero-order valence-corrected chi connectivity index (χ0v) is 16.0. The number of ether oxygens (including phenoxy) is 2. The van der Waals surface area contributed by atoms with Crippen LogP contribution in [0.5, 0.6) is 5.75 Å². The molecule has 1 N–H and O–H groups in total. The monoisotopic (exact) mass is 373 g/mol. The Hall–Kier alpha value is -2.47. The van der Waals surface area contributed by atoms with Crippen molar-refractivity contribution in [1.29, 1.82) is 0 Å². The number of esters is 1. The Morgan fingerprint density at radius 1 is 1.15 bits per heavy atom. The van der Waals surface area contributed by atoms with Gasteiger partial charge >= 0.3 is 5.97 Å². The second-order valence-electron chi connectivity index (χ2n) is 5.76. The Labute approximate surface area is 158 Å². The van der Waals surface area contributed by atoms with Crippen molar-refractivity contribution >= 4 is 23.6 Å². The maximum atomic E-state index is 12.2. The van der Waals surface area contributed by atoms with Gasteiger partial charge in [0, 0.05) is 11.4 Å². The number of methoxy groups -OCH3 is 1. The fourth-order valence-corrected chi connectivity index (χ4v) is 2.82. The molecule has 0 aliphatic carbocycles. The normalized spacial score (nSPS) is 11.5. The van der Waals surface area contributed by atoms with Crippen LogP contribution in [0.4, 0.5) is 0 Å². The fraction of sp³-hybridized carbons (Fsp3) is 0.300. The van der Waals surface area contributed by atoms with E-state index in [4.69, 9.17) is 9.47 Å². The third kappa shape index (κ3) is 5.52. The van der Waals surface area contributed by atoms with Crippen molar-refractivity contribution in [2.24, 2.45) is 0 Å². The van der Waals surface area contributed by atoms with Crippen LogP contribution in [0.3, 0.4) is 0 Å². The summed E-state index contributed by atoms with van der Waals surface area (Å²) in [4.78, 5) is 25.1. The van der Waals surface area contributed by atoms with Crippen LogP contribution in [-0.4, -0.2) is 38.4 Å². The minimum atomic E-state index is -0.583. The first-order chi connectivity index (χ1) is 12.5. The summed E-state index contributed by atoms with van der Waals surface area (Å²) in [6.45, 7) is 2.18. The number of hydrogen-bond acceptors (Lipinski definition) is 5. The molecule has 1 atom stereocenters. The lowest BCUT2D eigenvalue weighted by Gasteiger charge is -2.13. The summed E-state index contributed by atoms with van der Waals surface area (Å²) in [5, 5.41) is 2.78. The highest BCUT2D eigenvalue weighted by Gasteiger charge is 2.16. The van der Waals surface area contributed by atoms with Gasteiger partial charge in [-0.05, 0) is 35.9 Å². The summed E-state index contributed by atoms with van der Waals surface area (Å²) in [6.07, 6.45) is 1.94. The van der Waals surface area contributed by atoms with Crippen LogP contribution in [0, 0.1) is 0 Å². The van der Waals surface area contributed by atoms with E-state index in [2.05, 4.69) is 5.32 Å². The van der Waals surface area contributed by atoms with Crippen LogP contribution in [0.15, 0.2) is 53.4 Å². The molecule has 6 heteroatoms. The molecule has 5 nitrogen and oxygen atoms in total. The lowest BCUT2D eigenvalue weighted by molar-refractivity contribution is -0.124. The van der Waals surface area contributed by atoms with Crippen molar-refractivity contribution in [1.82, 2.24) is 5.32 Å². The molecule has 2 rings (SSSR count). The minimum Gasteiger partial charge on any atom is -0.496 e. The van der Waals surface area contributed by atoms with Crippen molar-refractivity contribution in [3.05, 3.63) is 59.7 Å². The van der Waals surface area contributed by atoms with Crippen molar-refractivity contribution in [3.8, 4) is 5.75 Å². The molecule has 0 aliphatic heterocycles. The topological polar surface area (TPSA) is 64.6 Å². The van der Waals surface area contributed by atoms with E-state index in [9.17, 15) is 9.59 Å². The number of thioether (sulfide) groups is 1. The van der Waals surface area contributed by atoms with Gasteiger partial charge in [0.1, 0.15) is 11.3 Å². The zero-order valence-electron chi connectivity index (χ0n) is 15.2. The average Bonchev–Trinajstić information content (AvgIpc) is 2.70. The van der Waals surface area contributed by atoms with Crippen molar-refractivity contribution < 1.29 is 19.1 Å². The quantitative estimate of drug-likeness (QED) is 0.567. The first kappa shape index (κ1) is 19.8. The zero-order chi connectivity index (χ0) is 18.9. The largest absolute Gasteiger partial charge is 0.496 e. The third-order valence-electron chi connectivity index (χ3n) is 3.94. The molecule has 0 saturated heterocycles. The molecule has 0 saturated carbocycles. The van der Waals surface area contributed by atoms with Gasteiger partial charge in [-0.15, -0.1) is 11.8 Å². The Morgan fingerprint density at radius 2 is 1.88 bits per heavy atom. The second kappa shape index (κ2) is 9.87. The van der Waals surface area contributed by atoms with Crippen molar-refractivity contribution in [2.45, 2.75) is 17.7 Å². The molecule has 0 fully saturated rings. The number of benzene rings is 2. The highest BCUT2D eigenvalue weighted by atomic mass is 32.2. The Kier molecular flexibility index (Phi) is 7.53. The molecule has 0 bridgehead atoms. The Bertz CT molecular complexity index is 749. The van der Waals surface area contributed by atoms with Crippen molar-refractivity contribution in [2.75, 3.05) is 26.5 Å². The fourth-order valence-electron chi connectivity index (χ4n) is 2.39. The molecule has 0 heterocycles. The van der Waals surface area contributed by atoms with Crippen LogP contribution >= 0.6 is 11.8 Å². The van der Waals surface area contributed by atoms with E-state index in [0.717, 1.165) is 10.5 Å². The number of nitrogens with one attached hydrogen (secondary N) is 1. The van der Waals surface area contributed by atoms with Gasteiger partial charge in [-0.2, -0.15) is 0 Å². The van der Waals surface area contributed by atoms with E-state index in [0.29, 0.717) is 17.9 Å². The molecule has 2 aromatic rings. The molecule has 0 spiro atoms. The molecule has 138 valence electrons. The summed E-state index contributed by atoms with van der Waals surface area (Å²) in [5.41, 5.74) is 1.44. The molecule has 2 aromatic carbocycles. The summed E-state index contributed by atoms with van der Waals surface area (Å²) in [5.74, 6) is -0.309. The standard InChI is InChI=1S/C20H23NO4S/c1-14(15-7-5-4-6-8-15)12-21-19(22)13-25-20(23)17-10-9-16(26-3)11-18(17)24-2/h4-11,14H,12-13H2,1-3H3,(H,21,22)/t14-/m0/s1. The minimum absolute atomic E-state index is 0.176. The molecular weight excluding hydrogens is 350 g/mol. The van der Waals surface area contributed by atoms with E-state index in [1.165, 1.54) is 7.11 Å². The third-order valence-corrected chi connectivity index (χ3v) is 4.66. The van der Waals surface area contributed by atoms with Gasteiger partial charge < -0.3 is 14.8 Å². The first-order valence-electron chi connectivity index (χ1n) is 8.26. The predicted octanol–water partition coefficient (Wildman–Crippen LogP) is 3.49. The molecule has 0 radical (unpaired) electrons. The van der Waals surface area contributed by atoms with Gasteiger partial charge in [0.15, 0.2) is 6.61 Å². The number of carbonyl (C=O) groups excluding carboxylic acids is 2. The van der Waals surface area contributed by atoms with Gasteiger partial charge in [-0.3, -0.25) is 4.79 Å². The highest BCUT2D eigenvalue weighted by molar-refractivity contribution is 7.98. The van der Waals surface area contributed by atoms with Gasteiger partial charge in [0.2, 0.25) is 0 Å². The molecule has 1 amide bonds.